The van der Waals surface area contributed by atoms with Crippen LogP contribution in [-0.4, -0.2) is 12.8 Å². The highest BCUT2D eigenvalue weighted by Gasteiger charge is 2.53. The average Bonchev–Trinajstić information content (AvgIpc) is 2.08. The molecule has 2 atom stereocenters. The quantitative estimate of drug-likeness (QED) is 0.567. The Morgan fingerprint density at radius 2 is 2.23 bits per heavy atom. The van der Waals surface area contributed by atoms with Crippen molar-refractivity contribution in [3.8, 4) is 0 Å². The van der Waals surface area contributed by atoms with Crippen LogP contribution in [0.15, 0.2) is 17.3 Å². The third kappa shape index (κ3) is 1.04. The minimum Gasteiger partial charge on any atom is -0.399 e. The third-order valence-corrected chi connectivity index (χ3v) is 3.90. The van der Waals surface area contributed by atoms with Gasteiger partial charge in [-0.25, -0.2) is 0 Å². The Balaban J connectivity index is 2.22. The van der Waals surface area contributed by atoms with E-state index in [9.17, 15) is 0 Å². The number of nitrogens with zero attached hydrogens (tertiary/aromatic N) is 1. The molecule has 0 aromatic rings. The van der Waals surface area contributed by atoms with Gasteiger partial charge in [-0.05, 0) is 35.7 Å². The second-order valence-corrected chi connectivity index (χ2v) is 4.76. The van der Waals surface area contributed by atoms with Crippen molar-refractivity contribution < 1.29 is 4.84 Å². The Morgan fingerprint density at radius 1 is 1.54 bits per heavy atom. The lowest BCUT2D eigenvalue weighted by Crippen LogP contribution is -2.52. The highest BCUT2D eigenvalue weighted by atomic mass is 16.6. The molecule has 3 rings (SSSR count). The van der Waals surface area contributed by atoms with Crippen LogP contribution in [0.25, 0.3) is 0 Å². The van der Waals surface area contributed by atoms with E-state index in [2.05, 4.69) is 25.6 Å². The fraction of sp³-hybridized carbons (Fsp3) is 0.727. The summed E-state index contributed by atoms with van der Waals surface area (Å²) in [6.45, 7) is 8.79. The molecule has 0 radical (unpaired) electrons. The summed E-state index contributed by atoms with van der Waals surface area (Å²) in [5.74, 6) is 1.43. The fourth-order valence-corrected chi connectivity index (χ4v) is 2.73. The summed E-state index contributed by atoms with van der Waals surface area (Å²) in [6.07, 6.45) is 2.35. The van der Waals surface area contributed by atoms with E-state index in [1.54, 1.807) is 7.11 Å². The number of fused-ring (bicyclic) bond motifs is 2. The maximum Gasteiger partial charge on any atom is 0.106 e. The van der Waals surface area contributed by atoms with Crippen LogP contribution in [-0.2, 0) is 4.84 Å². The van der Waals surface area contributed by atoms with E-state index in [4.69, 9.17) is 4.84 Å². The van der Waals surface area contributed by atoms with E-state index in [-0.39, 0.29) is 0 Å². The number of hydrogen-bond donors (Lipinski definition) is 0. The molecule has 2 bridgehead atoms. The zero-order chi connectivity index (χ0) is 9.64. The van der Waals surface area contributed by atoms with Crippen LogP contribution in [0, 0.1) is 17.3 Å². The SMILES string of the molecule is C=C1/C(=N\OC)CC2CC1C2(C)C. The van der Waals surface area contributed by atoms with Gasteiger partial charge in [0.05, 0.1) is 5.71 Å². The van der Waals surface area contributed by atoms with Gasteiger partial charge in [-0.15, -0.1) is 0 Å². The van der Waals surface area contributed by atoms with Crippen LogP contribution in [0.3, 0.4) is 0 Å². The zero-order valence-corrected chi connectivity index (χ0v) is 8.63. The van der Waals surface area contributed by atoms with E-state index < -0.39 is 0 Å². The molecule has 72 valence electrons. The van der Waals surface area contributed by atoms with Crippen molar-refractivity contribution in [1.82, 2.24) is 0 Å². The zero-order valence-electron chi connectivity index (χ0n) is 8.63. The molecule has 0 aliphatic heterocycles. The average molecular weight is 179 g/mol. The third-order valence-electron chi connectivity index (χ3n) is 3.90. The Labute approximate surface area is 79.7 Å². The Morgan fingerprint density at radius 3 is 2.69 bits per heavy atom. The highest BCUT2D eigenvalue weighted by molar-refractivity contribution is 6.01. The van der Waals surface area contributed by atoms with Crippen LogP contribution < -0.4 is 0 Å². The Hall–Kier alpha value is -0.790. The molecule has 3 aliphatic rings. The molecule has 2 nitrogen and oxygen atoms in total. The van der Waals surface area contributed by atoms with Crippen molar-refractivity contribution in [1.29, 1.82) is 0 Å². The first-order chi connectivity index (χ1) is 6.07. The summed E-state index contributed by atoms with van der Waals surface area (Å²) in [5, 5.41) is 4.03. The molecule has 0 aromatic carbocycles. The molecular weight excluding hydrogens is 162 g/mol. The molecule has 2 unspecified atom stereocenters. The van der Waals surface area contributed by atoms with E-state index in [0.717, 1.165) is 18.1 Å². The lowest BCUT2D eigenvalue weighted by atomic mass is 9.47. The number of rotatable bonds is 1. The summed E-state index contributed by atoms with van der Waals surface area (Å²) in [5.41, 5.74) is 2.74. The van der Waals surface area contributed by atoms with Crippen molar-refractivity contribution in [2.24, 2.45) is 22.4 Å². The molecule has 3 fully saturated rings. The predicted octanol–water partition coefficient (Wildman–Crippen LogP) is 2.61. The smallest absolute Gasteiger partial charge is 0.106 e. The normalized spacial score (nSPS) is 38.7. The molecule has 0 saturated heterocycles. The summed E-state index contributed by atoms with van der Waals surface area (Å²) < 4.78 is 0. The van der Waals surface area contributed by atoms with Gasteiger partial charge >= 0.3 is 0 Å². The molecule has 0 spiro atoms. The molecule has 0 amide bonds. The first kappa shape index (κ1) is 8.79. The number of hydrogen-bond acceptors (Lipinski definition) is 2. The van der Waals surface area contributed by atoms with Crippen LogP contribution in [0.1, 0.15) is 26.7 Å². The summed E-state index contributed by atoms with van der Waals surface area (Å²) >= 11 is 0. The van der Waals surface area contributed by atoms with E-state index >= 15 is 0 Å². The van der Waals surface area contributed by atoms with E-state index in [1.807, 2.05) is 0 Å². The van der Waals surface area contributed by atoms with E-state index in [1.165, 1.54) is 12.0 Å². The highest BCUT2D eigenvalue weighted by Crippen LogP contribution is 2.59. The largest absolute Gasteiger partial charge is 0.399 e. The maximum atomic E-state index is 4.82. The minimum atomic E-state index is 0.448. The van der Waals surface area contributed by atoms with Crippen LogP contribution >= 0.6 is 0 Å². The second kappa shape index (κ2) is 2.60. The summed E-state index contributed by atoms with van der Waals surface area (Å²) in [7, 11) is 1.60. The first-order valence-electron chi connectivity index (χ1n) is 4.86. The summed E-state index contributed by atoms with van der Waals surface area (Å²) in [4.78, 5) is 4.82. The van der Waals surface area contributed by atoms with Crippen LogP contribution in [0.5, 0.6) is 0 Å². The van der Waals surface area contributed by atoms with Gasteiger partial charge < -0.3 is 4.84 Å². The van der Waals surface area contributed by atoms with Gasteiger partial charge in [0, 0.05) is 0 Å². The molecule has 0 N–H and O–H groups in total. The summed E-state index contributed by atoms with van der Waals surface area (Å²) in [6, 6.07) is 0. The molecular formula is C11H17NO. The predicted molar refractivity (Wildman–Crippen MR) is 53.6 cm³/mol. The Bertz CT molecular complexity index is 278. The van der Waals surface area contributed by atoms with Crippen LogP contribution in [0.2, 0.25) is 0 Å². The van der Waals surface area contributed by atoms with Gasteiger partial charge in [-0.2, -0.15) is 0 Å². The van der Waals surface area contributed by atoms with E-state index in [0.29, 0.717) is 11.3 Å². The lowest BCUT2D eigenvalue weighted by molar-refractivity contribution is 0.000258. The maximum absolute atomic E-state index is 4.82. The molecule has 0 aromatic heterocycles. The monoisotopic (exact) mass is 179 g/mol. The van der Waals surface area contributed by atoms with Crippen molar-refractivity contribution in [3.05, 3.63) is 12.2 Å². The van der Waals surface area contributed by atoms with Gasteiger partial charge in [0.25, 0.3) is 0 Å². The lowest BCUT2D eigenvalue weighted by Gasteiger charge is -2.57. The van der Waals surface area contributed by atoms with Crippen LogP contribution in [0.4, 0.5) is 0 Å². The molecule has 3 aliphatic carbocycles. The van der Waals surface area contributed by atoms with Gasteiger partial charge in [0.2, 0.25) is 0 Å². The van der Waals surface area contributed by atoms with Gasteiger partial charge in [0.15, 0.2) is 0 Å². The van der Waals surface area contributed by atoms with Crippen molar-refractivity contribution >= 4 is 5.71 Å². The molecule has 13 heavy (non-hydrogen) atoms. The minimum absolute atomic E-state index is 0.448. The Kier molecular flexibility index (Phi) is 1.76. The first-order valence-corrected chi connectivity index (χ1v) is 4.86. The molecule has 2 heteroatoms. The van der Waals surface area contributed by atoms with Gasteiger partial charge in [-0.3, -0.25) is 0 Å². The van der Waals surface area contributed by atoms with Crippen molar-refractivity contribution in [2.75, 3.05) is 7.11 Å². The van der Waals surface area contributed by atoms with Gasteiger partial charge in [-0.1, -0.05) is 25.6 Å². The van der Waals surface area contributed by atoms with Crippen molar-refractivity contribution in [3.63, 3.8) is 0 Å². The van der Waals surface area contributed by atoms with Crippen molar-refractivity contribution in [2.45, 2.75) is 26.7 Å². The molecule has 0 heterocycles. The second-order valence-electron chi connectivity index (χ2n) is 4.76. The number of allylic oxidation sites excluding steroid dienone is 1. The molecule has 3 saturated carbocycles. The topological polar surface area (TPSA) is 21.6 Å². The van der Waals surface area contributed by atoms with Gasteiger partial charge in [0.1, 0.15) is 7.11 Å². The number of oxime groups is 1. The standard InChI is InChI=1S/C11H17NO/c1-7-9-5-8(11(9,2)3)6-10(7)12-13-4/h8-9H,1,5-6H2,2-4H3/b12-10-. The fourth-order valence-electron chi connectivity index (χ4n) is 2.73.